The molecule has 0 radical (unpaired) electrons. The Hall–Kier alpha value is -1.36. The highest BCUT2D eigenvalue weighted by atomic mass is 79.9. The van der Waals surface area contributed by atoms with Gasteiger partial charge in [0, 0.05) is 23.9 Å². The minimum Gasteiger partial charge on any atom is -0.481 e. The highest BCUT2D eigenvalue weighted by Gasteiger charge is 2.14. The quantitative estimate of drug-likeness (QED) is 0.847. The van der Waals surface area contributed by atoms with E-state index in [4.69, 9.17) is 5.11 Å². The normalized spacial score (nSPS) is 11.9. The van der Waals surface area contributed by atoms with Crippen LogP contribution in [0.5, 0.6) is 0 Å². The van der Waals surface area contributed by atoms with Gasteiger partial charge < -0.3 is 10.4 Å². The topological polar surface area (TPSA) is 66.4 Å². The highest BCUT2D eigenvalue weighted by Crippen LogP contribution is 2.18. The molecule has 0 aliphatic rings. The summed E-state index contributed by atoms with van der Waals surface area (Å²) in [5.41, 5.74) is 1.06. The third-order valence-electron chi connectivity index (χ3n) is 2.54. The maximum atomic E-state index is 11.1. The SMILES string of the molecule is CC(=O)NC(CCC(=O)O)Cc1ccccc1Br. The van der Waals surface area contributed by atoms with Crippen molar-refractivity contribution in [3.8, 4) is 0 Å². The first-order chi connectivity index (χ1) is 8.49. The summed E-state index contributed by atoms with van der Waals surface area (Å²) >= 11 is 3.44. The molecule has 5 heteroatoms. The molecule has 1 atom stereocenters. The van der Waals surface area contributed by atoms with E-state index in [0.717, 1.165) is 10.0 Å². The van der Waals surface area contributed by atoms with Crippen molar-refractivity contribution in [1.29, 1.82) is 0 Å². The van der Waals surface area contributed by atoms with Crippen LogP contribution in [0.3, 0.4) is 0 Å². The number of carboxylic acid groups (broad SMARTS) is 1. The molecule has 1 rings (SSSR count). The molecule has 98 valence electrons. The molecule has 2 N–H and O–H groups in total. The second-order valence-corrected chi connectivity index (χ2v) is 4.98. The van der Waals surface area contributed by atoms with Gasteiger partial charge in [-0.25, -0.2) is 0 Å². The molecule has 0 saturated heterocycles. The Morgan fingerprint density at radius 1 is 1.39 bits per heavy atom. The van der Waals surface area contributed by atoms with Crippen molar-refractivity contribution < 1.29 is 14.7 Å². The number of carbonyl (C=O) groups excluding carboxylic acids is 1. The predicted octanol–water partition coefficient (Wildman–Crippen LogP) is 2.36. The first-order valence-electron chi connectivity index (χ1n) is 5.71. The molecule has 1 unspecified atom stereocenters. The zero-order chi connectivity index (χ0) is 13.5. The van der Waals surface area contributed by atoms with Gasteiger partial charge in [0.1, 0.15) is 0 Å². The summed E-state index contributed by atoms with van der Waals surface area (Å²) in [6.45, 7) is 1.44. The lowest BCUT2D eigenvalue weighted by Crippen LogP contribution is -2.35. The molecule has 0 heterocycles. The Labute approximate surface area is 115 Å². The van der Waals surface area contributed by atoms with Crippen molar-refractivity contribution in [2.45, 2.75) is 32.2 Å². The Balaban J connectivity index is 2.68. The lowest BCUT2D eigenvalue weighted by molar-refractivity contribution is -0.137. The summed E-state index contributed by atoms with van der Waals surface area (Å²) in [5.74, 6) is -0.991. The van der Waals surface area contributed by atoms with E-state index >= 15 is 0 Å². The van der Waals surface area contributed by atoms with Crippen molar-refractivity contribution in [2.24, 2.45) is 0 Å². The Morgan fingerprint density at radius 3 is 2.61 bits per heavy atom. The van der Waals surface area contributed by atoms with Gasteiger partial charge in [-0.05, 0) is 24.5 Å². The van der Waals surface area contributed by atoms with E-state index in [1.807, 2.05) is 24.3 Å². The average Bonchev–Trinajstić information content (AvgIpc) is 2.28. The molecule has 0 bridgehead atoms. The van der Waals surface area contributed by atoms with Gasteiger partial charge in [0.15, 0.2) is 0 Å². The second kappa shape index (κ2) is 7.16. The molecule has 0 aliphatic carbocycles. The number of nitrogens with one attached hydrogen (secondary N) is 1. The van der Waals surface area contributed by atoms with Crippen LogP contribution < -0.4 is 5.32 Å². The molecule has 0 aromatic heterocycles. The first-order valence-corrected chi connectivity index (χ1v) is 6.50. The van der Waals surface area contributed by atoms with Crippen LogP contribution >= 0.6 is 15.9 Å². The van der Waals surface area contributed by atoms with Crippen LogP contribution in [-0.2, 0) is 16.0 Å². The number of rotatable bonds is 6. The zero-order valence-corrected chi connectivity index (χ0v) is 11.7. The number of hydrogen-bond acceptors (Lipinski definition) is 2. The minimum absolute atomic E-state index is 0.0510. The smallest absolute Gasteiger partial charge is 0.303 e. The lowest BCUT2D eigenvalue weighted by Gasteiger charge is -2.17. The monoisotopic (exact) mass is 313 g/mol. The summed E-state index contributed by atoms with van der Waals surface area (Å²) in [6.07, 6.45) is 1.10. The molecule has 0 spiro atoms. The number of aliphatic carboxylic acids is 1. The van der Waals surface area contributed by atoms with E-state index in [2.05, 4.69) is 21.2 Å². The zero-order valence-electron chi connectivity index (χ0n) is 10.1. The molecule has 0 fully saturated rings. The van der Waals surface area contributed by atoms with Crippen molar-refractivity contribution in [3.05, 3.63) is 34.3 Å². The first kappa shape index (κ1) is 14.7. The van der Waals surface area contributed by atoms with E-state index in [9.17, 15) is 9.59 Å². The average molecular weight is 314 g/mol. The molecular weight excluding hydrogens is 298 g/mol. The number of amides is 1. The fourth-order valence-corrected chi connectivity index (χ4v) is 2.19. The van der Waals surface area contributed by atoms with E-state index in [1.54, 1.807) is 0 Å². The van der Waals surface area contributed by atoms with Gasteiger partial charge >= 0.3 is 5.97 Å². The predicted molar refractivity (Wildman–Crippen MR) is 72.3 cm³/mol. The Morgan fingerprint density at radius 2 is 2.06 bits per heavy atom. The van der Waals surface area contributed by atoms with Gasteiger partial charge in [-0.15, -0.1) is 0 Å². The van der Waals surface area contributed by atoms with E-state index < -0.39 is 5.97 Å². The van der Waals surface area contributed by atoms with Crippen LogP contribution in [0.4, 0.5) is 0 Å². The molecule has 0 aliphatic heterocycles. The van der Waals surface area contributed by atoms with Crippen molar-refractivity contribution in [1.82, 2.24) is 5.32 Å². The van der Waals surface area contributed by atoms with Crippen molar-refractivity contribution in [2.75, 3.05) is 0 Å². The molecule has 1 amide bonds. The number of carbonyl (C=O) groups is 2. The number of hydrogen-bond donors (Lipinski definition) is 2. The third-order valence-corrected chi connectivity index (χ3v) is 3.31. The molecule has 4 nitrogen and oxygen atoms in total. The van der Waals surface area contributed by atoms with Gasteiger partial charge in [0.25, 0.3) is 0 Å². The van der Waals surface area contributed by atoms with E-state index in [1.165, 1.54) is 6.92 Å². The second-order valence-electron chi connectivity index (χ2n) is 4.13. The number of carboxylic acids is 1. The minimum atomic E-state index is -0.850. The number of halogens is 1. The van der Waals surface area contributed by atoms with Gasteiger partial charge in [-0.1, -0.05) is 34.1 Å². The molecular formula is C13H16BrNO3. The van der Waals surface area contributed by atoms with Gasteiger partial charge in [-0.2, -0.15) is 0 Å². The Kier molecular flexibility index (Phi) is 5.85. The summed E-state index contributed by atoms with van der Waals surface area (Å²) in [4.78, 5) is 21.7. The summed E-state index contributed by atoms with van der Waals surface area (Å²) in [7, 11) is 0. The van der Waals surface area contributed by atoms with Gasteiger partial charge in [0.05, 0.1) is 0 Å². The molecule has 0 saturated carbocycles. The maximum Gasteiger partial charge on any atom is 0.303 e. The summed E-state index contributed by atoms with van der Waals surface area (Å²) < 4.78 is 0.968. The lowest BCUT2D eigenvalue weighted by atomic mass is 10.0. The van der Waals surface area contributed by atoms with Crippen LogP contribution in [0.15, 0.2) is 28.7 Å². The standard InChI is InChI=1S/C13H16BrNO3/c1-9(16)15-11(6-7-13(17)18)8-10-4-2-3-5-12(10)14/h2-5,11H,6-8H2,1H3,(H,15,16)(H,17,18). The van der Waals surface area contributed by atoms with Crippen LogP contribution in [0.25, 0.3) is 0 Å². The summed E-state index contributed by atoms with van der Waals surface area (Å²) in [6, 6.07) is 7.56. The van der Waals surface area contributed by atoms with Crippen LogP contribution in [0.1, 0.15) is 25.3 Å². The van der Waals surface area contributed by atoms with Crippen molar-refractivity contribution in [3.63, 3.8) is 0 Å². The number of benzene rings is 1. The van der Waals surface area contributed by atoms with Gasteiger partial charge in [-0.3, -0.25) is 9.59 Å². The van der Waals surface area contributed by atoms with Crippen LogP contribution in [0.2, 0.25) is 0 Å². The Bertz CT molecular complexity index is 434. The summed E-state index contributed by atoms with van der Waals surface area (Å²) in [5, 5.41) is 11.5. The van der Waals surface area contributed by atoms with Gasteiger partial charge in [0.2, 0.25) is 5.91 Å². The van der Waals surface area contributed by atoms with E-state index in [0.29, 0.717) is 12.8 Å². The maximum absolute atomic E-state index is 11.1. The molecule has 18 heavy (non-hydrogen) atoms. The van der Waals surface area contributed by atoms with E-state index in [-0.39, 0.29) is 18.4 Å². The van der Waals surface area contributed by atoms with Crippen LogP contribution in [0, 0.1) is 0 Å². The fourth-order valence-electron chi connectivity index (χ4n) is 1.74. The fraction of sp³-hybridized carbons (Fsp3) is 0.385. The highest BCUT2D eigenvalue weighted by molar-refractivity contribution is 9.10. The largest absolute Gasteiger partial charge is 0.481 e. The molecule has 1 aromatic carbocycles. The van der Waals surface area contributed by atoms with Crippen molar-refractivity contribution >= 4 is 27.8 Å². The third kappa shape index (κ3) is 5.31. The molecule has 1 aromatic rings. The van der Waals surface area contributed by atoms with Crippen LogP contribution in [-0.4, -0.2) is 23.0 Å².